The summed E-state index contributed by atoms with van der Waals surface area (Å²) < 4.78 is 0. The molecule has 1 heterocycles. The molecule has 0 spiro atoms. The molecule has 0 aliphatic carbocycles. The first kappa shape index (κ1) is 14.2. The van der Waals surface area contributed by atoms with Crippen LogP contribution in [-0.2, 0) is 0 Å². The Morgan fingerprint density at radius 1 is 1.58 bits per heavy atom. The zero-order chi connectivity index (χ0) is 13.7. The van der Waals surface area contributed by atoms with Gasteiger partial charge >= 0.3 is 6.03 Å². The monoisotopic (exact) mass is 280 g/mol. The average molecular weight is 280 g/mol. The van der Waals surface area contributed by atoms with Crippen LogP contribution in [0.2, 0.25) is 0 Å². The van der Waals surface area contributed by atoms with Gasteiger partial charge in [-0.25, -0.2) is 4.79 Å². The van der Waals surface area contributed by atoms with E-state index in [1.54, 1.807) is 13.0 Å². The largest absolute Gasteiger partial charge is 0.389 e. The van der Waals surface area contributed by atoms with E-state index in [1.807, 2.05) is 30.0 Å². The molecule has 2 amide bonds. The van der Waals surface area contributed by atoms with E-state index in [1.165, 1.54) is 12.2 Å². The lowest BCUT2D eigenvalue weighted by Gasteiger charge is -2.12. The molecular weight excluding hydrogens is 260 g/mol. The number of carbonyl (C=O) groups excluding carboxylic acids is 1. The molecule has 4 nitrogen and oxygen atoms in total. The Balaban J connectivity index is 1.82. The van der Waals surface area contributed by atoms with E-state index in [0.29, 0.717) is 11.6 Å². The lowest BCUT2D eigenvalue weighted by molar-refractivity contribution is 0.199. The lowest BCUT2D eigenvalue weighted by Crippen LogP contribution is -2.33. The molecule has 19 heavy (non-hydrogen) atoms. The van der Waals surface area contributed by atoms with Crippen LogP contribution in [0.25, 0.3) is 0 Å². The zero-order valence-corrected chi connectivity index (χ0v) is 11.9. The van der Waals surface area contributed by atoms with Gasteiger partial charge in [-0.2, -0.15) is 11.8 Å². The summed E-state index contributed by atoms with van der Waals surface area (Å²) in [6, 6.07) is 7.08. The summed E-state index contributed by atoms with van der Waals surface area (Å²) in [5.41, 5.74) is 1.50. The van der Waals surface area contributed by atoms with Crippen LogP contribution in [0.15, 0.2) is 24.3 Å². The van der Waals surface area contributed by atoms with Gasteiger partial charge in [0.25, 0.3) is 0 Å². The molecule has 1 saturated heterocycles. The molecule has 0 bridgehead atoms. The quantitative estimate of drug-likeness (QED) is 0.794. The van der Waals surface area contributed by atoms with Crippen LogP contribution in [0.4, 0.5) is 10.5 Å². The first-order chi connectivity index (χ1) is 9.15. The minimum Gasteiger partial charge on any atom is -0.389 e. The van der Waals surface area contributed by atoms with Crippen molar-refractivity contribution in [1.29, 1.82) is 0 Å². The van der Waals surface area contributed by atoms with Crippen molar-refractivity contribution in [1.82, 2.24) is 5.32 Å². The number of amides is 2. The molecule has 0 aromatic heterocycles. The summed E-state index contributed by atoms with van der Waals surface area (Å²) in [4.78, 5) is 11.8. The molecule has 5 heteroatoms. The van der Waals surface area contributed by atoms with Gasteiger partial charge in [0.1, 0.15) is 0 Å². The highest BCUT2D eigenvalue weighted by molar-refractivity contribution is 7.99. The third kappa shape index (κ3) is 4.44. The van der Waals surface area contributed by atoms with Crippen molar-refractivity contribution >= 4 is 23.5 Å². The fourth-order valence-electron chi connectivity index (χ4n) is 2.03. The first-order valence-corrected chi connectivity index (χ1v) is 7.71. The van der Waals surface area contributed by atoms with Gasteiger partial charge in [-0.1, -0.05) is 12.1 Å². The predicted molar refractivity (Wildman–Crippen MR) is 79.5 cm³/mol. The summed E-state index contributed by atoms with van der Waals surface area (Å²) in [6.45, 7) is 2.44. The van der Waals surface area contributed by atoms with Gasteiger partial charge in [0.15, 0.2) is 0 Å². The number of carbonyl (C=O) groups is 1. The van der Waals surface area contributed by atoms with E-state index in [2.05, 4.69) is 10.6 Å². The van der Waals surface area contributed by atoms with Crippen LogP contribution in [-0.4, -0.2) is 29.2 Å². The van der Waals surface area contributed by atoms with Crippen molar-refractivity contribution in [3.05, 3.63) is 29.8 Å². The Morgan fingerprint density at radius 3 is 3.11 bits per heavy atom. The highest BCUT2D eigenvalue weighted by atomic mass is 32.2. The topological polar surface area (TPSA) is 61.4 Å². The number of urea groups is 1. The molecular formula is C14H20N2O2S. The van der Waals surface area contributed by atoms with Crippen molar-refractivity contribution < 1.29 is 9.90 Å². The molecule has 1 aromatic carbocycles. The Hall–Kier alpha value is -1.20. The Kier molecular flexibility index (Phi) is 5.10. The van der Waals surface area contributed by atoms with E-state index in [-0.39, 0.29) is 6.03 Å². The van der Waals surface area contributed by atoms with Crippen LogP contribution < -0.4 is 10.6 Å². The summed E-state index contributed by atoms with van der Waals surface area (Å²) in [5, 5.41) is 15.2. The molecule has 3 N–H and O–H groups in total. The van der Waals surface area contributed by atoms with Gasteiger partial charge in [-0.05, 0) is 48.5 Å². The molecule has 0 radical (unpaired) electrons. The fourth-order valence-corrected chi connectivity index (χ4v) is 3.32. The maximum atomic E-state index is 11.8. The van der Waals surface area contributed by atoms with Crippen molar-refractivity contribution in [2.75, 3.05) is 23.4 Å². The fraction of sp³-hybridized carbons (Fsp3) is 0.500. The van der Waals surface area contributed by atoms with Crippen molar-refractivity contribution in [2.24, 2.45) is 5.92 Å². The molecule has 0 saturated carbocycles. The second kappa shape index (κ2) is 6.82. The van der Waals surface area contributed by atoms with E-state index in [4.69, 9.17) is 0 Å². The van der Waals surface area contributed by atoms with Gasteiger partial charge in [-0.3, -0.25) is 0 Å². The maximum Gasteiger partial charge on any atom is 0.319 e. The van der Waals surface area contributed by atoms with Gasteiger partial charge < -0.3 is 15.7 Å². The number of aliphatic hydroxyl groups excluding tert-OH is 1. The molecule has 104 valence electrons. The molecule has 2 atom stereocenters. The molecule has 2 unspecified atom stereocenters. The van der Waals surface area contributed by atoms with Crippen molar-refractivity contribution in [3.63, 3.8) is 0 Å². The van der Waals surface area contributed by atoms with Gasteiger partial charge in [0.05, 0.1) is 6.10 Å². The minimum absolute atomic E-state index is 0.181. The highest BCUT2D eigenvalue weighted by Gasteiger charge is 2.16. The second-order valence-electron chi connectivity index (χ2n) is 4.87. The third-order valence-corrected chi connectivity index (χ3v) is 4.43. The highest BCUT2D eigenvalue weighted by Crippen LogP contribution is 2.22. The van der Waals surface area contributed by atoms with Gasteiger partial charge in [0.2, 0.25) is 0 Å². The number of hydrogen-bond acceptors (Lipinski definition) is 3. The van der Waals surface area contributed by atoms with E-state index in [9.17, 15) is 9.90 Å². The Bertz CT molecular complexity index is 431. The smallest absolute Gasteiger partial charge is 0.319 e. The number of aliphatic hydroxyl groups is 1. The molecule has 2 rings (SSSR count). The summed E-state index contributed by atoms with van der Waals surface area (Å²) in [7, 11) is 0. The van der Waals surface area contributed by atoms with Crippen molar-refractivity contribution in [2.45, 2.75) is 19.4 Å². The maximum absolute atomic E-state index is 11.8. The van der Waals surface area contributed by atoms with E-state index < -0.39 is 6.10 Å². The van der Waals surface area contributed by atoms with Crippen LogP contribution in [0.3, 0.4) is 0 Å². The summed E-state index contributed by atoms with van der Waals surface area (Å²) in [6.07, 6.45) is 0.656. The van der Waals surface area contributed by atoms with Crippen molar-refractivity contribution in [3.8, 4) is 0 Å². The van der Waals surface area contributed by atoms with E-state index >= 15 is 0 Å². The Labute approximate surface area is 118 Å². The number of thioether (sulfide) groups is 1. The average Bonchev–Trinajstić information content (AvgIpc) is 2.90. The number of benzene rings is 1. The Morgan fingerprint density at radius 2 is 2.42 bits per heavy atom. The van der Waals surface area contributed by atoms with E-state index in [0.717, 1.165) is 17.9 Å². The second-order valence-corrected chi connectivity index (χ2v) is 6.02. The molecule has 1 aromatic rings. The first-order valence-electron chi connectivity index (χ1n) is 6.56. The molecule has 1 aliphatic rings. The number of hydrogen-bond donors (Lipinski definition) is 3. The summed E-state index contributed by atoms with van der Waals surface area (Å²) >= 11 is 1.94. The summed E-state index contributed by atoms with van der Waals surface area (Å²) in [5.74, 6) is 2.93. The van der Waals surface area contributed by atoms with Gasteiger partial charge in [-0.15, -0.1) is 0 Å². The number of rotatable bonds is 4. The van der Waals surface area contributed by atoms with Gasteiger partial charge in [0, 0.05) is 12.2 Å². The normalized spacial score (nSPS) is 20.0. The third-order valence-electron chi connectivity index (χ3n) is 3.20. The predicted octanol–water partition coefficient (Wildman–Crippen LogP) is 2.61. The lowest BCUT2D eigenvalue weighted by atomic mass is 10.1. The molecule has 1 fully saturated rings. The SMILES string of the molecule is CC(O)c1cccc(NC(=O)NCC2CCSC2)c1. The van der Waals surface area contributed by atoms with Crippen LogP contribution in [0, 0.1) is 5.92 Å². The van der Waals surface area contributed by atoms with Crippen LogP contribution in [0.1, 0.15) is 25.0 Å². The zero-order valence-electron chi connectivity index (χ0n) is 11.1. The van der Waals surface area contributed by atoms with Crippen LogP contribution >= 0.6 is 11.8 Å². The minimum atomic E-state index is -0.527. The standard InChI is InChI=1S/C14H20N2O2S/c1-10(17)12-3-2-4-13(7-12)16-14(18)15-8-11-5-6-19-9-11/h2-4,7,10-11,17H,5-6,8-9H2,1H3,(H2,15,16,18). The number of anilines is 1. The molecule has 1 aliphatic heterocycles. The van der Waals surface area contributed by atoms with Crippen LogP contribution in [0.5, 0.6) is 0 Å². The number of nitrogens with one attached hydrogen (secondary N) is 2.